The highest BCUT2D eigenvalue weighted by Crippen LogP contribution is 2.70. The average Bonchev–Trinajstić information content (AvgIpc) is 2.85. The maximum Gasteiger partial charge on any atom is 0.251 e. The Labute approximate surface area is 148 Å². The second kappa shape index (κ2) is 6.23. The Bertz CT molecular complexity index is 459. The molecule has 4 saturated carbocycles. The number of hydrogen-bond donors (Lipinski definition) is 0. The van der Waals surface area contributed by atoms with E-state index in [4.69, 9.17) is 0 Å². The van der Waals surface area contributed by atoms with Crippen LogP contribution in [0.5, 0.6) is 0 Å². The van der Waals surface area contributed by atoms with Gasteiger partial charge in [0, 0.05) is 12.3 Å². The zero-order valence-corrected chi connectivity index (χ0v) is 16.5. The maximum atomic E-state index is 15.2. The molecule has 4 aliphatic rings. The molecule has 140 valence electrons. The van der Waals surface area contributed by atoms with Crippen molar-refractivity contribution < 1.29 is 8.78 Å². The van der Waals surface area contributed by atoms with Crippen LogP contribution in [0.2, 0.25) is 0 Å². The van der Waals surface area contributed by atoms with E-state index in [1.165, 1.54) is 32.1 Å². The number of rotatable bonds is 0. The van der Waals surface area contributed by atoms with Gasteiger partial charge in [-0.1, -0.05) is 47.5 Å². The number of alkyl halides is 2. The molecule has 0 saturated heterocycles. The van der Waals surface area contributed by atoms with Crippen molar-refractivity contribution in [1.29, 1.82) is 0 Å². The van der Waals surface area contributed by atoms with Crippen molar-refractivity contribution in [3.63, 3.8) is 0 Å². The van der Waals surface area contributed by atoms with Crippen molar-refractivity contribution in [1.82, 2.24) is 0 Å². The van der Waals surface area contributed by atoms with E-state index in [1.807, 2.05) is 13.8 Å². The van der Waals surface area contributed by atoms with Crippen LogP contribution in [0.4, 0.5) is 8.78 Å². The topological polar surface area (TPSA) is 0 Å². The van der Waals surface area contributed by atoms with Crippen LogP contribution >= 0.6 is 0 Å². The lowest BCUT2D eigenvalue weighted by atomic mass is 9.44. The van der Waals surface area contributed by atoms with Gasteiger partial charge in [-0.3, -0.25) is 0 Å². The lowest BCUT2D eigenvalue weighted by Crippen LogP contribution is -2.60. The fourth-order valence-corrected chi connectivity index (χ4v) is 7.45. The van der Waals surface area contributed by atoms with Crippen LogP contribution in [0.25, 0.3) is 0 Å². The molecule has 4 fully saturated rings. The molecule has 0 aromatic carbocycles. The largest absolute Gasteiger partial charge is 0.251 e. The van der Waals surface area contributed by atoms with Crippen molar-refractivity contribution >= 4 is 0 Å². The van der Waals surface area contributed by atoms with Crippen LogP contribution < -0.4 is 0 Å². The molecule has 4 aliphatic carbocycles. The minimum Gasteiger partial charge on any atom is -0.207 e. The van der Waals surface area contributed by atoms with E-state index >= 15 is 8.78 Å². The number of halogens is 2. The first-order valence-corrected chi connectivity index (χ1v) is 10.7. The smallest absolute Gasteiger partial charge is 0.207 e. The SMILES string of the molecule is CC.CC1CCC2C3C(CCC12C)C1(C)CCCCC1CC3(F)F. The molecule has 0 aromatic heterocycles. The first-order chi connectivity index (χ1) is 11.3. The van der Waals surface area contributed by atoms with Crippen molar-refractivity contribution in [2.75, 3.05) is 0 Å². The monoisotopic (exact) mass is 340 g/mol. The van der Waals surface area contributed by atoms with Gasteiger partial charge in [-0.2, -0.15) is 0 Å². The summed E-state index contributed by atoms with van der Waals surface area (Å²) in [5, 5.41) is 0. The van der Waals surface area contributed by atoms with Crippen molar-refractivity contribution in [2.45, 2.75) is 98.3 Å². The van der Waals surface area contributed by atoms with E-state index in [2.05, 4.69) is 20.8 Å². The summed E-state index contributed by atoms with van der Waals surface area (Å²) in [6.45, 7) is 11.0. The van der Waals surface area contributed by atoms with Gasteiger partial charge in [0.2, 0.25) is 0 Å². The van der Waals surface area contributed by atoms with E-state index < -0.39 is 5.92 Å². The van der Waals surface area contributed by atoms with E-state index in [0.717, 1.165) is 19.3 Å². The summed E-state index contributed by atoms with van der Waals surface area (Å²) in [6, 6.07) is 0. The molecule has 2 heteroatoms. The number of hydrogen-bond acceptors (Lipinski definition) is 0. The van der Waals surface area contributed by atoms with E-state index in [9.17, 15) is 0 Å². The summed E-state index contributed by atoms with van der Waals surface area (Å²) in [5.41, 5.74) is 0.389. The molecule has 0 bridgehead atoms. The minimum atomic E-state index is -2.41. The van der Waals surface area contributed by atoms with Crippen LogP contribution in [0.15, 0.2) is 0 Å². The average molecular weight is 341 g/mol. The molecule has 0 amide bonds. The highest BCUT2D eigenvalue weighted by atomic mass is 19.3. The van der Waals surface area contributed by atoms with Gasteiger partial charge in [0.25, 0.3) is 5.92 Å². The summed E-state index contributed by atoms with van der Waals surface area (Å²) >= 11 is 0. The van der Waals surface area contributed by atoms with E-state index in [0.29, 0.717) is 5.92 Å². The van der Waals surface area contributed by atoms with E-state index in [-0.39, 0.29) is 40.9 Å². The summed E-state index contributed by atoms with van der Waals surface area (Å²) in [7, 11) is 0. The predicted octanol–water partition coefficient (Wildman–Crippen LogP) is 7.33. The lowest BCUT2D eigenvalue weighted by Gasteiger charge is -2.62. The van der Waals surface area contributed by atoms with Gasteiger partial charge < -0.3 is 0 Å². The Morgan fingerprint density at radius 1 is 0.792 bits per heavy atom. The van der Waals surface area contributed by atoms with Crippen molar-refractivity contribution in [3.8, 4) is 0 Å². The zero-order valence-electron chi connectivity index (χ0n) is 16.5. The first kappa shape index (κ1) is 18.6. The zero-order chi connectivity index (χ0) is 17.8. The van der Waals surface area contributed by atoms with Gasteiger partial charge in [0.1, 0.15) is 0 Å². The Kier molecular flexibility index (Phi) is 4.84. The third-order valence-electron chi connectivity index (χ3n) is 9.05. The van der Waals surface area contributed by atoms with Gasteiger partial charge in [0.15, 0.2) is 0 Å². The van der Waals surface area contributed by atoms with Crippen LogP contribution in [0.3, 0.4) is 0 Å². The summed E-state index contributed by atoms with van der Waals surface area (Å²) < 4.78 is 30.4. The fourth-order valence-electron chi connectivity index (χ4n) is 7.45. The first-order valence-electron chi connectivity index (χ1n) is 10.7. The summed E-state index contributed by atoms with van der Waals surface area (Å²) in [6.07, 6.45) is 9.35. The predicted molar refractivity (Wildman–Crippen MR) is 97.2 cm³/mol. The van der Waals surface area contributed by atoms with Crippen LogP contribution in [0.1, 0.15) is 92.4 Å². The van der Waals surface area contributed by atoms with Gasteiger partial charge in [0.05, 0.1) is 0 Å². The third-order valence-corrected chi connectivity index (χ3v) is 9.05. The van der Waals surface area contributed by atoms with Gasteiger partial charge in [-0.15, -0.1) is 0 Å². The normalized spacial score (nSPS) is 52.4. The second-order valence-corrected chi connectivity index (χ2v) is 9.68. The maximum absolute atomic E-state index is 15.2. The molecular formula is C22H38F2. The standard InChI is InChI=1S/C20H32F2.C2H6/c1-13-7-8-15-17-16(9-11-18(13,15)2)19(3)10-5-4-6-14(19)12-20(17,21)22;1-2/h13-17H,4-12H2,1-3H3;1-2H3. The molecule has 0 aromatic rings. The molecule has 0 N–H and O–H groups in total. The summed E-state index contributed by atoms with van der Waals surface area (Å²) in [5.74, 6) is -1.27. The second-order valence-electron chi connectivity index (χ2n) is 9.68. The third kappa shape index (κ3) is 2.49. The highest BCUT2D eigenvalue weighted by molar-refractivity contribution is 5.12. The molecular weight excluding hydrogens is 302 g/mol. The molecule has 0 nitrogen and oxygen atoms in total. The molecule has 0 radical (unpaired) electrons. The lowest BCUT2D eigenvalue weighted by molar-refractivity contribution is -0.231. The minimum absolute atomic E-state index is 0.183. The highest BCUT2D eigenvalue weighted by Gasteiger charge is 2.66. The Morgan fingerprint density at radius 2 is 1.46 bits per heavy atom. The molecule has 4 rings (SSSR count). The van der Waals surface area contributed by atoms with Crippen molar-refractivity contribution in [3.05, 3.63) is 0 Å². The fraction of sp³-hybridized carbons (Fsp3) is 1.00. The Balaban J connectivity index is 0.000000815. The van der Waals surface area contributed by atoms with Gasteiger partial charge in [-0.25, -0.2) is 8.78 Å². The quantitative estimate of drug-likeness (QED) is 0.433. The van der Waals surface area contributed by atoms with Crippen LogP contribution in [-0.2, 0) is 0 Å². The molecule has 7 atom stereocenters. The molecule has 0 aliphatic heterocycles. The summed E-state index contributed by atoms with van der Waals surface area (Å²) in [4.78, 5) is 0. The van der Waals surface area contributed by atoms with Crippen LogP contribution in [0, 0.1) is 40.4 Å². The molecule has 0 heterocycles. The number of fused-ring (bicyclic) bond motifs is 5. The molecule has 24 heavy (non-hydrogen) atoms. The Hall–Kier alpha value is -0.140. The Morgan fingerprint density at radius 3 is 2.17 bits per heavy atom. The van der Waals surface area contributed by atoms with Gasteiger partial charge in [-0.05, 0) is 73.0 Å². The van der Waals surface area contributed by atoms with E-state index in [1.54, 1.807) is 0 Å². The molecule has 0 spiro atoms. The van der Waals surface area contributed by atoms with Crippen LogP contribution in [-0.4, -0.2) is 5.92 Å². The van der Waals surface area contributed by atoms with Gasteiger partial charge >= 0.3 is 0 Å². The molecule has 7 unspecified atom stereocenters. The van der Waals surface area contributed by atoms with Crippen molar-refractivity contribution in [2.24, 2.45) is 40.4 Å².